The summed E-state index contributed by atoms with van der Waals surface area (Å²) in [6.45, 7) is 0.0628. The third-order valence-electron chi connectivity index (χ3n) is 5.16. The van der Waals surface area contributed by atoms with Gasteiger partial charge in [0.2, 0.25) is 0 Å². The number of hydrogen-bond acceptors (Lipinski definition) is 5. The zero-order chi connectivity index (χ0) is 25.2. The summed E-state index contributed by atoms with van der Waals surface area (Å²) in [5.74, 6) is -0.547. The number of benzene rings is 2. The van der Waals surface area contributed by atoms with Crippen molar-refractivity contribution in [2.75, 3.05) is 5.32 Å². The van der Waals surface area contributed by atoms with Crippen molar-refractivity contribution < 1.29 is 22.7 Å². The number of carbonyl (C=O) groups is 1. The number of nitrogens with zero attached hydrogens (tertiary/aromatic N) is 5. The van der Waals surface area contributed by atoms with Gasteiger partial charge >= 0.3 is 0 Å². The van der Waals surface area contributed by atoms with Crippen molar-refractivity contribution in [2.24, 2.45) is 0 Å². The van der Waals surface area contributed by atoms with Gasteiger partial charge < -0.3 is 10.1 Å². The van der Waals surface area contributed by atoms with E-state index in [0.717, 1.165) is 16.8 Å². The van der Waals surface area contributed by atoms with Gasteiger partial charge in [0.05, 0.1) is 30.0 Å². The fourth-order valence-electron chi connectivity index (χ4n) is 3.46. The molecule has 0 saturated carbocycles. The monoisotopic (exact) mass is 512 g/mol. The van der Waals surface area contributed by atoms with Gasteiger partial charge in [-0.25, -0.2) is 27.4 Å². The van der Waals surface area contributed by atoms with Gasteiger partial charge in [-0.15, -0.1) is 0 Å². The Balaban J connectivity index is 1.38. The Morgan fingerprint density at radius 1 is 1.08 bits per heavy atom. The van der Waals surface area contributed by atoms with Gasteiger partial charge in [0.15, 0.2) is 12.4 Å². The van der Waals surface area contributed by atoms with Crippen LogP contribution in [0.25, 0.3) is 16.9 Å². The second kappa shape index (κ2) is 9.70. The SMILES string of the molecule is O=C(Nc1cnn(COc2cccc(Cl)c2)c1)c1cnn2c(C(F)F)cc(-c3ccc(F)cc3)nc12. The van der Waals surface area contributed by atoms with Crippen molar-refractivity contribution in [3.63, 3.8) is 0 Å². The highest BCUT2D eigenvalue weighted by Gasteiger charge is 2.22. The maximum absolute atomic E-state index is 13.8. The first kappa shape index (κ1) is 23.4. The Bertz CT molecular complexity index is 1550. The molecule has 8 nitrogen and oxygen atoms in total. The van der Waals surface area contributed by atoms with Crippen LogP contribution in [0.4, 0.5) is 18.9 Å². The van der Waals surface area contributed by atoms with Crippen LogP contribution in [0.5, 0.6) is 5.75 Å². The number of rotatable bonds is 7. The van der Waals surface area contributed by atoms with Crippen LogP contribution in [0.3, 0.4) is 0 Å². The summed E-state index contributed by atoms with van der Waals surface area (Å²) in [7, 11) is 0. The normalized spacial score (nSPS) is 11.2. The van der Waals surface area contributed by atoms with E-state index in [4.69, 9.17) is 16.3 Å². The van der Waals surface area contributed by atoms with Crippen molar-refractivity contribution in [3.05, 3.63) is 95.3 Å². The molecule has 1 N–H and O–H groups in total. The molecule has 1 amide bonds. The molecule has 0 unspecified atom stereocenters. The van der Waals surface area contributed by atoms with Crippen LogP contribution in [-0.2, 0) is 6.73 Å². The predicted molar refractivity (Wildman–Crippen MR) is 126 cm³/mol. The van der Waals surface area contributed by atoms with Crippen LogP contribution in [-0.4, -0.2) is 30.3 Å². The van der Waals surface area contributed by atoms with Gasteiger partial charge in [0.1, 0.15) is 22.8 Å². The number of ether oxygens (including phenoxy) is 1. The number of amides is 1. The minimum Gasteiger partial charge on any atom is -0.471 e. The number of fused-ring (bicyclic) bond motifs is 1. The average Bonchev–Trinajstić information content (AvgIpc) is 3.49. The Labute approximate surface area is 206 Å². The van der Waals surface area contributed by atoms with Crippen LogP contribution in [0.1, 0.15) is 22.5 Å². The summed E-state index contributed by atoms with van der Waals surface area (Å²) < 4.78 is 48.8. The molecule has 5 aromatic rings. The largest absolute Gasteiger partial charge is 0.471 e. The van der Waals surface area contributed by atoms with E-state index in [1.165, 1.54) is 41.3 Å². The first-order valence-electron chi connectivity index (χ1n) is 10.5. The molecule has 0 saturated heterocycles. The fraction of sp³-hybridized carbons (Fsp3) is 0.0833. The summed E-state index contributed by atoms with van der Waals surface area (Å²) in [6.07, 6.45) is 1.22. The zero-order valence-corrected chi connectivity index (χ0v) is 19.0. The highest BCUT2D eigenvalue weighted by atomic mass is 35.5. The molecule has 0 radical (unpaired) electrons. The Hall–Kier alpha value is -4.38. The number of nitrogens with one attached hydrogen (secondary N) is 1. The van der Waals surface area contributed by atoms with E-state index in [-0.39, 0.29) is 23.6 Å². The summed E-state index contributed by atoms with van der Waals surface area (Å²) in [6, 6.07) is 13.2. The van der Waals surface area contributed by atoms with Gasteiger partial charge in [-0.1, -0.05) is 17.7 Å². The molecule has 182 valence electrons. The van der Waals surface area contributed by atoms with Crippen molar-refractivity contribution in [1.29, 1.82) is 0 Å². The lowest BCUT2D eigenvalue weighted by molar-refractivity contribution is 0.102. The second-order valence-corrected chi connectivity index (χ2v) is 8.06. The van der Waals surface area contributed by atoms with Gasteiger partial charge in [-0.05, 0) is 48.5 Å². The lowest BCUT2D eigenvalue weighted by atomic mass is 10.1. The van der Waals surface area contributed by atoms with E-state index in [0.29, 0.717) is 22.0 Å². The van der Waals surface area contributed by atoms with Gasteiger partial charge in [-0.2, -0.15) is 10.2 Å². The number of carbonyl (C=O) groups excluding carboxylic acids is 1. The predicted octanol–water partition coefficient (Wildman–Crippen LogP) is 5.61. The molecule has 0 aliphatic rings. The lowest BCUT2D eigenvalue weighted by Gasteiger charge is -2.08. The Morgan fingerprint density at radius 3 is 2.64 bits per heavy atom. The van der Waals surface area contributed by atoms with Crippen LogP contribution in [0.15, 0.2) is 73.2 Å². The van der Waals surface area contributed by atoms with Gasteiger partial charge in [0, 0.05) is 10.6 Å². The minimum atomic E-state index is -2.89. The molecule has 0 atom stereocenters. The molecule has 5 rings (SSSR count). The number of halogens is 4. The van der Waals surface area contributed by atoms with E-state index in [1.807, 2.05) is 0 Å². The molecule has 0 bridgehead atoms. The number of anilines is 1. The minimum absolute atomic E-state index is 0.0243. The molecular weight excluding hydrogens is 497 g/mol. The maximum atomic E-state index is 13.8. The first-order valence-corrected chi connectivity index (χ1v) is 10.9. The Kier molecular flexibility index (Phi) is 6.30. The van der Waals surface area contributed by atoms with E-state index in [2.05, 4.69) is 20.5 Å². The molecule has 12 heteroatoms. The third-order valence-corrected chi connectivity index (χ3v) is 5.39. The summed E-state index contributed by atoms with van der Waals surface area (Å²) in [5, 5.41) is 11.2. The second-order valence-electron chi connectivity index (χ2n) is 7.62. The van der Waals surface area contributed by atoms with Crippen LogP contribution in [0, 0.1) is 5.82 Å². The van der Waals surface area contributed by atoms with E-state index >= 15 is 0 Å². The molecular formula is C24H16ClF3N6O2. The van der Waals surface area contributed by atoms with Crippen molar-refractivity contribution in [2.45, 2.75) is 13.2 Å². The zero-order valence-electron chi connectivity index (χ0n) is 18.3. The number of hydrogen-bond donors (Lipinski definition) is 1. The topological polar surface area (TPSA) is 86.3 Å². The maximum Gasteiger partial charge on any atom is 0.280 e. The van der Waals surface area contributed by atoms with E-state index in [9.17, 15) is 18.0 Å². The van der Waals surface area contributed by atoms with Gasteiger partial charge in [-0.3, -0.25) is 4.79 Å². The molecule has 3 heterocycles. The third kappa shape index (κ3) is 4.86. The van der Waals surface area contributed by atoms with Crippen LogP contribution in [0.2, 0.25) is 5.02 Å². The Morgan fingerprint density at radius 2 is 1.89 bits per heavy atom. The molecule has 0 aliphatic heterocycles. The van der Waals surface area contributed by atoms with E-state index in [1.54, 1.807) is 24.3 Å². The van der Waals surface area contributed by atoms with E-state index < -0.39 is 23.8 Å². The molecule has 36 heavy (non-hydrogen) atoms. The van der Waals surface area contributed by atoms with Gasteiger partial charge in [0.25, 0.3) is 12.3 Å². The quantitative estimate of drug-likeness (QED) is 0.306. The van der Waals surface area contributed by atoms with Crippen molar-refractivity contribution in [1.82, 2.24) is 24.4 Å². The summed E-state index contributed by atoms with van der Waals surface area (Å²) in [4.78, 5) is 17.3. The molecule has 0 spiro atoms. The summed E-state index contributed by atoms with van der Waals surface area (Å²) >= 11 is 5.94. The summed E-state index contributed by atoms with van der Waals surface area (Å²) in [5.41, 5.74) is 0.361. The lowest BCUT2D eigenvalue weighted by Crippen LogP contribution is -2.12. The molecule has 0 aliphatic carbocycles. The standard InChI is InChI=1S/C24H16ClF3N6O2/c25-15-2-1-3-18(8-15)36-13-33-12-17(10-29-33)31-24(35)19-11-30-34-21(22(27)28)9-20(32-23(19)34)14-4-6-16(26)7-5-14/h1-12,22H,13H2,(H,31,35). The smallest absolute Gasteiger partial charge is 0.280 e. The number of alkyl halides is 2. The molecule has 2 aromatic carbocycles. The fourth-order valence-corrected chi connectivity index (χ4v) is 3.65. The first-order chi connectivity index (χ1) is 17.4. The van der Waals surface area contributed by atoms with Crippen LogP contribution >= 0.6 is 11.6 Å². The highest BCUT2D eigenvalue weighted by Crippen LogP contribution is 2.27. The number of aromatic nitrogens is 5. The highest BCUT2D eigenvalue weighted by molar-refractivity contribution is 6.30. The van der Waals surface area contributed by atoms with Crippen molar-refractivity contribution >= 4 is 28.8 Å². The van der Waals surface area contributed by atoms with Crippen molar-refractivity contribution in [3.8, 4) is 17.0 Å². The molecule has 0 fully saturated rings. The average molecular weight is 513 g/mol. The molecule has 3 aromatic heterocycles. The van der Waals surface area contributed by atoms with Crippen LogP contribution < -0.4 is 10.1 Å².